The van der Waals surface area contributed by atoms with Gasteiger partial charge in [0.15, 0.2) is 0 Å². The summed E-state index contributed by atoms with van der Waals surface area (Å²) in [4.78, 5) is 25.9. The lowest BCUT2D eigenvalue weighted by Gasteiger charge is -2.23. The molecule has 1 heterocycles. The van der Waals surface area contributed by atoms with Gasteiger partial charge in [-0.1, -0.05) is 18.6 Å². The van der Waals surface area contributed by atoms with E-state index in [0.717, 1.165) is 31.4 Å². The molecule has 24 heavy (non-hydrogen) atoms. The lowest BCUT2D eigenvalue weighted by atomic mass is 9.81. The van der Waals surface area contributed by atoms with Crippen molar-refractivity contribution in [1.82, 2.24) is 4.90 Å². The molecular formula is C19H25NO4. The fourth-order valence-electron chi connectivity index (χ4n) is 4.22. The Morgan fingerprint density at radius 2 is 2.08 bits per heavy atom. The number of carbonyl (C=O) groups excluding carboxylic acids is 1. The second-order valence-electron chi connectivity index (χ2n) is 7.03. The smallest absolute Gasteiger partial charge is 0.311 e. The monoisotopic (exact) mass is 331 g/mol. The standard InChI is InChI=1S/C19H25NO4/c1-24-16-9-7-14(8-10-16)4-2-6-17(21)20-12-15-5-3-11-19(15,13-20)18(22)23/h7-10,15H,2-6,11-13H2,1H3,(H,22,23)/t15-,19+/m0/s1. The maximum Gasteiger partial charge on any atom is 0.311 e. The fourth-order valence-corrected chi connectivity index (χ4v) is 4.22. The minimum atomic E-state index is -0.724. The first-order valence-corrected chi connectivity index (χ1v) is 8.69. The summed E-state index contributed by atoms with van der Waals surface area (Å²) in [7, 11) is 1.64. The lowest BCUT2D eigenvalue weighted by Crippen LogP contribution is -2.37. The molecular weight excluding hydrogens is 306 g/mol. The Labute approximate surface area is 142 Å². The zero-order chi connectivity index (χ0) is 17.2. The number of carbonyl (C=O) groups is 2. The van der Waals surface area contributed by atoms with Crippen LogP contribution in [0.25, 0.3) is 0 Å². The van der Waals surface area contributed by atoms with Crippen LogP contribution in [0.15, 0.2) is 24.3 Å². The third-order valence-corrected chi connectivity index (χ3v) is 5.66. The molecule has 130 valence electrons. The van der Waals surface area contributed by atoms with E-state index in [1.54, 1.807) is 12.0 Å². The molecule has 2 aliphatic rings. The van der Waals surface area contributed by atoms with E-state index < -0.39 is 11.4 Å². The summed E-state index contributed by atoms with van der Waals surface area (Å²) in [5, 5.41) is 9.59. The third kappa shape index (κ3) is 3.12. The Morgan fingerprint density at radius 3 is 2.71 bits per heavy atom. The first-order chi connectivity index (χ1) is 11.5. The quantitative estimate of drug-likeness (QED) is 0.870. The molecule has 1 aromatic carbocycles. The SMILES string of the molecule is COc1ccc(CCCC(=O)N2C[C@@H]3CCC[C@@]3(C(=O)O)C2)cc1. The number of fused-ring (bicyclic) bond motifs is 1. The number of amides is 1. The van der Waals surface area contributed by atoms with Crippen molar-refractivity contribution in [2.75, 3.05) is 20.2 Å². The zero-order valence-corrected chi connectivity index (χ0v) is 14.2. The number of carboxylic acids is 1. The molecule has 5 heteroatoms. The Kier molecular flexibility index (Phi) is 4.78. The number of methoxy groups -OCH3 is 1. The van der Waals surface area contributed by atoms with Gasteiger partial charge in [-0.05, 0) is 49.3 Å². The highest BCUT2D eigenvalue weighted by Crippen LogP contribution is 2.49. The van der Waals surface area contributed by atoms with E-state index in [-0.39, 0.29) is 11.8 Å². The Morgan fingerprint density at radius 1 is 1.33 bits per heavy atom. The maximum atomic E-state index is 12.4. The molecule has 1 amide bonds. The van der Waals surface area contributed by atoms with Crippen molar-refractivity contribution < 1.29 is 19.4 Å². The van der Waals surface area contributed by atoms with Crippen LogP contribution in [0.2, 0.25) is 0 Å². The second-order valence-corrected chi connectivity index (χ2v) is 7.03. The molecule has 0 aromatic heterocycles. The van der Waals surface area contributed by atoms with E-state index >= 15 is 0 Å². The van der Waals surface area contributed by atoms with Crippen LogP contribution in [0.5, 0.6) is 5.75 Å². The van der Waals surface area contributed by atoms with Crippen molar-refractivity contribution in [3.8, 4) is 5.75 Å². The number of likely N-dealkylation sites (tertiary alicyclic amines) is 1. The first kappa shape index (κ1) is 16.8. The molecule has 0 bridgehead atoms. The molecule has 0 spiro atoms. The second kappa shape index (κ2) is 6.83. The van der Waals surface area contributed by atoms with Gasteiger partial charge in [0.05, 0.1) is 12.5 Å². The largest absolute Gasteiger partial charge is 0.497 e. The number of carboxylic acid groups (broad SMARTS) is 1. The molecule has 3 rings (SSSR count). The predicted molar refractivity (Wildman–Crippen MR) is 89.9 cm³/mol. The van der Waals surface area contributed by atoms with Crippen molar-refractivity contribution in [3.63, 3.8) is 0 Å². The minimum absolute atomic E-state index is 0.0959. The van der Waals surface area contributed by atoms with Crippen LogP contribution in [-0.4, -0.2) is 42.1 Å². The Hall–Kier alpha value is -2.04. The van der Waals surface area contributed by atoms with E-state index in [9.17, 15) is 14.7 Å². The highest BCUT2D eigenvalue weighted by atomic mass is 16.5. The van der Waals surface area contributed by atoms with Gasteiger partial charge >= 0.3 is 5.97 Å². The topological polar surface area (TPSA) is 66.8 Å². The molecule has 1 saturated carbocycles. The van der Waals surface area contributed by atoms with E-state index in [1.807, 2.05) is 24.3 Å². The number of rotatable bonds is 6. The summed E-state index contributed by atoms with van der Waals surface area (Å²) in [6.45, 7) is 1.02. The fraction of sp³-hybridized carbons (Fsp3) is 0.579. The van der Waals surface area contributed by atoms with Crippen molar-refractivity contribution in [3.05, 3.63) is 29.8 Å². The average molecular weight is 331 g/mol. The van der Waals surface area contributed by atoms with Gasteiger partial charge in [-0.3, -0.25) is 9.59 Å². The summed E-state index contributed by atoms with van der Waals surface area (Å²) < 4.78 is 5.14. The van der Waals surface area contributed by atoms with Gasteiger partial charge in [-0.15, -0.1) is 0 Å². The molecule has 1 aromatic rings. The molecule has 1 N–H and O–H groups in total. The summed E-state index contributed by atoms with van der Waals surface area (Å²) in [5.74, 6) is 0.343. The Bertz CT molecular complexity index is 612. The van der Waals surface area contributed by atoms with Gasteiger partial charge < -0.3 is 14.7 Å². The first-order valence-electron chi connectivity index (χ1n) is 8.69. The normalized spacial score (nSPS) is 25.5. The number of aryl methyl sites for hydroxylation is 1. The van der Waals surface area contributed by atoms with Gasteiger partial charge in [0, 0.05) is 19.5 Å². The minimum Gasteiger partial charge on any atom is -0.497 e. The van der Waals surface area contributed by atoms with Gasteiger partial charge in [-0.2, -0.15) is 0 Å². The zero-order valence-electron chi connectivity index (χ0n) is 14.2. The number of benzene rings is 1. The number of aliphatic carboxylic acids is 1. The summed E-state index contributed by atoms with van der Waals surface area (Å²) in [6.07, 6.45) is 4.72. The van der Waals surface area contributed by atoms with Gasteiger partial charge in [0.1, 0.15) is 5.75 Å². The molecule has 1 aliphatic carbocycles. The van der Waals surface area contributed by atoms with Crippen LogP contribution >= 0.6 is 0 Å². The average Bonchev–Trinajstić information content (AvgIpc) is 3.13. The predicted octanol–water partition coefficient (Wildman–Crippen LogP) is 2.73. The van der Waals surface area contributed by atoms with Crippen LogP contribution in [0, 0.1) is 11.3 Å². The summed E-state index contributed by atoms with van der Waals surface area (Å²) >= 11 is 0. The van der Waals surface area contributed by atoms with Crippen LogP contribution in [0.3, 0.4) is 0 Å². The molecule has 2 atom stereocenters. The van der Waals surface area contributed by atoms with Crippen molar-refractivity contribution in [2.45, 2.75) is 38.5 Å². The molecule has 1 aliphatic heterocycles. The summed E-state index contributed by atoms with van der Waals surface area (Å²) in [5.41, 5.74) is 0.509. The van der Waals surface area contributed by atoms with Crippen molar-refractivity contribution in [1.29, 1.82) is 0 Å². The van der Waals surface area contributed by atoms with Crippen LogP contribution < -0.4 is 4.74 Å². The van der Waals surface area contributed by atoms with Crippen LogP contribution in [-0.2, 0) is 16.0 Å². The molecule has 1 saturated heterocycles. The van der Waals surface area contributed by atoms with Crippen molar-refractivity contribution >= 4 is 11.9 Å². The number of hydrogen-bond acceptors (Lipinski definition) is 3. The van der Waals surface area contributed by atoms with Gasteiger partial charge in [0.2, 0.25) is 5.91 Å². The molecule has 2 fully saturated rings. The summed E-state index contributed by atoms with van der Waals surface area (Å²) in [6, 6.07) is 7.89. The number of nitrogens with zero attached hydrogens (tertiary/aromatic N) is 1. The Balaban J connectivity index is 1.50. The number of hydrogen-bond donors (Lipinski definition) is 1. The highest BCUT2D eigenvalue weighted by Gasteiger charge is 2.55. The van der Waals surface area contributed by atoms with Gasteiger partial charge in [0.25, 0.3) is 0 Å². The van der Waals surface area contributed by atoms with Crippen LogP contribution in [0.1, 0.15) is 37.7 Å². The van der Waals surface area contributed by atoms with E-state index in [4.69, 9.17) is 4.74 Å². The van der Waals surface area contributed by atoms with Crippen LogP contribution in [0.4, 0.5) is 0 Å². The maximum absolute atomic E-state index is 12.4. The molecule has 0 radical (unpaired) electrons. The molecule has 0 unspecified atom stereocenters. The number of ether oxygens (including phenoxy) is 1. The van der Waals surface area contributed by atoms with Crippen molar-refractivity contribution in [2.24, 2.45) is 11.3 Å². The third-order valence-electron chi connectivity index (χ3n) is 5.66. The highest BCUT2D eigenvalue weighted by molar-refractivity contribution is 5.81. The van der Waals surface area contributed by atoms with E-state index in [2.05, 4.69) is 0 Å². The van der Waals surface area contributed by atoms with E-state index in [1.165, 1.54) is 5.56 Å². The molecule has 5 nitrogen and oxygen atoms in total. The van der Waals surface area contributed by atoms with Gasteiger partial charge in [-0.25, -0.2) is 0 Å². The lowest BCUT2D eigenvalue weighted by molar-refractivity contribution is -0.149. The van der Waals surface area contributed by atoms with E-state index in [0.29, 0.717) is 25.9 Å².